The summed E-state index contributed by atoms with van der Waals surface area (Å²) >= 11 is 0. The van der Waals surface area contributed by atoms with Gasteiger partial charge >= 0.3 is 5.63 Å². The predicted octanol–water partition coefficient (Wildman–Crippen LogP) is 3.07. The van der Waals surface area contributed by atoms with Crippen molar-refractivity contribution in [2.24, 2.45) is 0 Å². The standard InChI is InChI=1S/C19H18N2O3/c1-2-3-13-4-5-17-16(10-13)15(11-18(22)24-17)12-21-19(23)14-6-8-20-9-7-14/h4-11H,2-3,12H2,1H3,(H,21,23). The van der Waals surface area contributed by atoms with Crippen molar-refractivity contribution in [3.8, 4) is 0 Å². The first-order valence-electron chi connectivity index (χ1n) is 7.91. The van der Waals surface area contributed by atoms with Gasteiger partial charge in [0.2, 0.25) is 0 Å². The minimum atomic E-state index is -0.418. The Morgan fingerprint density at radius 2 is 1.96 bits per heavy atom. The molecule has 0 atom stereocenters. The minimum absolute atomic E-state index is 0.205. The third-order valence-electron chi connectivity index (χ3n) is 3.81. The van der Waals surface area contributed by atoms with Gasteiger partial charge in [-0.05, 0) is 41.8 Å². The Morgan fingerprint density at radius 1 is 1.17 bits per heavy atom. The highest BCUT2D eigenvalue weighted by molar-refractivity contribution is 5.94. The fraction of sp³-hybridized carbons (Fsp3) is 0.211. The number of rotatable bonds is 5. The van der Waals surface area contributed by atoms with E-state index in [1.165, 1.54) is 11.6 Å². The van der Waals surface area contributed by atoms with Crippen molar-refractivity contribution in [2.45, 2.75) is 26.3 Å². The lowest BCUT2D eigenvalue weighted by molar-refractivity contribution is 0.0951. The van der Waals surface area contributed by atoms with Crippen LogP contribution in [0.25, 0.3) is 11.0 Å². The molecule has 0 unspecified atom stereocenters. The van der Waals surface area contributed by atoms with Crippen molar-refractivity contribution in [2.75, 3.05) is 0 Å². The number of fused-ring (bicyclic) bond motifs is 1. The molecule has 0 radical (unpaired) electrons. The zero-order valence-electron chi connectivity index (χ0n) is 13.4. The predicted molar refractivity (Wildman–Crippen MR) is 91.9 cm³/mol. The van der Waals surface area contributed by atoms with E-state index in [0.717, 1.165) is 23.8 Å². The summed E-state index contributed by atoms with van der Waals surface area (Å²) in [5.41, 5.74) is 2.58. The van der Waals surface area contributed by atoms with Crippen molar-refractivity contribution in [1.29, 1.82) is 0 Å². The second-order valence-corrected chi connectivity index (χ2v) is 5.59. The molecule has 0 saturated carbocycles. The lowest BCUT2D eigenvalue weighted by Gasteiger charge is -2.09. The molecule has 1 amide bonds. The quantitative estimate of drug-likeness (QED) is 0.733. The van der Waals surface area contributed by atoms with Crippen LogP contribution in [0.15, 0.2) is 58.0 Å². The fourth-order valence-electron chi connectivity index (χ4n) is 2.65. The summed E-state index contributed by atoms with van der Waals surface area (Å²) in [6.45, 7) is 2.38. The van der Waals surface area contributed by atoms with Crippen LogP contribution >= 0.6 is 0 Å². The number of nitrogens with one attached hydrogen (secondary N) is 1. The highest BCUT2D eigenvalue weighted by Crippen LogP contribution is 2.20. The average molecular weight is 322 g/mol. The van der Waals surface area contributed by atoms with Crippen LogP contribution in [-0.2, 0) is 13.0 Å². The van der Waals surface area contributed by atoms with E-state index in [-0.39, 0.29) is 12.5 Å². The molecule has 3 rings (SSSR count). The molecular formula is C19H18N2O3. The van der Waals surface area contributed by atoms with Crippen molar-refractivity contribution < 1.29 is 9.21 Å². The van der Waals surface area contributed by atoms with Crippen LogP contribution in [0.2, 0.25) is 0 Å². The van der Waals surface area contributed by atoms with Crippen molar-refractivity contribution >= 4 is 16.9 Å². The van der Waals surface area contributed by atoms with Crippen LogP contribution in [-0.4, -0.2) is 10.9 Å². The molecule has 0 bridgehead atoms. The Balaban J connectivity index is 1.89. The largest absolute Gasteiger partial charge is 0.423 e. The summed E-state index contributed by atoms with van der Waals surface area (Å²) in [5, 5.41) is 3.70. The molecule has 0 saturated heterocycles. The van der Waals surface area contributed by atoms with E-state index < -0.39 is 5.63 Å². The van der Waals surface area contributed by atoms with E-state index in [1.807, 2.05) is 18.2 Å². The van der Waals surface area contributed by atoms with E-state index >= 15 is 0 Å². The molecule has 0 aliphatic carbocycles. The smallest absolute Gasteiger partial charge is 0.336 e. The molecule has 5 nitrogen and oxygen atoms in total. The van der Waals surface area contributed by atoms with E-state index in [0.29, 0.717) is 11.1 Å². The summed E-state index contributed by atoms with van der Waals surface area (Å²) < 4.78 is 5.25. The van der Waals surface area contributed by atoms with Gasteiger partial charge in [0.1, 0.15) is 5.58 Å². The summed E-state index contributed by atoms with van der Waals surface area (Å²) in [6.07, 6.45) is 5.13. The Labute approximate surface area is 139 Å². The van der Waals surface area contributed by atoms with Gasteiger partial charge in [0, 0.05) is 36.0 Å². The number of carbonyl (C=O) groups excluding carboxylic acids is 1. The average Bonchev–Trinajstić information content (AvgIpc) is 2.60. The maximum absolute atomic E-state index is 12.2. The van der Waals surface area contributed by atoms with E-state index in [9.17, 15) is 9.59 Å². The van der Waals surface area contributed by atoms with Crippen LogP contribution in [0, 0.1) is 0 Å². The number of aromatic nitrogens is 1. The molecule has 0 aliphatic rings. The Bertz CT molecular complexity index is 917. The van der Waals surface area contributed by atoms with Gasteiger partial charge in [0.05, 0.1) is 0 Å². The van der Waals surface area contributed by atoms with Gasteiger partial charge in [-0.2, -0.15) is 0 Å². The number of hydrogen-bond acceptors (Lipinski definition) is 4. The molecule has 5 heteroatoms. The molecule has 2 heterocycles. The summed E-state index contributed by atoms with van der Waals surface area (Å²) in [7, 11) is 0. The molecule has 1 aromatic carbocycles. The molecule has 3 aromatic rings. The molecule has 0 spiro atoms. The number of benzene rings is 1. The number of nitrogens with zero attached hydrogens (tertiary/aromatic N) is 1. The topological polar surface area (TPSA) is 72.2 Å². The van der Waals surface area contributed by atoms with Gasteiger partial charge < -0.3 is 9.73 Å². The molecule has 24 heavy (non-hydrogen) atoms. The third kappa shape index (κ3) is 3.51. The van der Waals surface area contributed by atoms with Crippen molar-refractivity contribution in [1.82, 2.24) is 10.3 Å². The number of pyridine rings is 1. The van der Waals surface area contributed by atoms with E-state index in [2.05, 4.69) is 17.2 Å². The van der Waals surface area contributed by atoms with Crippen LogP contribution in [0.5, 0.6) is 0 Å². The van der Waals surface area contributed by atoms with Crippen LogP contribution in [0.4, 0.5) is 0 Å². The maximum atomic E-state index is 12.2. The first-order valence-corrected chi connectivity index (χ1v) is 7.91. The normalized spacial score (nSPS) is 10.7. The summed E-state index contributed by atoms with van der Waals surface area (Å²) in [5.74, 6) is -0.205. The third-order valence-corrected chi connectivity index (χ3v) is 3.81. The van der Waals surface area contributed by atoms with Gasteiger partial charge in [-0.25, -0.2) is 4.79 Å². The van der Waals surface area contributed by atoms with Crippen LogP contribution < -0.4 is 10.9 Å². The first-order chi connectivity index (χ1) is 11.7. The van der Waals surface area contributed by atoms with Gasteiger partial charge in [-0.15, -0.1) is 0 Å². The Kier molecular flexibility index (Phi) is 4.70. The number of aryl methyl sites for hydroxylation is 1. The second-order valence-electron chi connectivity index (χ2n) is 5.59. The maximum Gasteiger partial charge on any atom is 0.336 e. The van der Waals surface area contributed by atoms with E-state index in [4.69, 9.17) is 4.42 Å². The number of amides is 1. The zero-order valence-corrected chi connectivity index (χ0v) is 13.4. The molecule has 2 aromatic heterocycles. The van der Waals surface area contributed by atoms with Crippen molar-refractivity contribution in [3.05, 3.63) is 75.9 Å². The highest BCUT2D eigenvalue weighted by Gasteiger charge is 2.09. The minimum Gasteiger partial charge on any atom is -0.423 e. The summed E-state index contributed by atoms with van der Waals surface area (Å²) in [6, 6.07) is 10.5. The van der Waals surface area contributed by atoms with Gasteiger partial charge in [-0.3, -0.25) is 9.78 Å². The first kappa shape index (κ1) is 15.9. The lowest BCUT2D eigenvalue weighted by Crippen LogP contribution is -2.23. The summed E-state index contributed by atoms with van der Waals surface area (Å²) in [4.78, 5) is 27.8. The number of carbonyl (C=O) groups is 1. The SMILES string of the molecule is CCCc1ccc2oc(=O)cc(CNC(=O)c3ccncc3)c2c1. The fourth-order valence-corrected chi connectivity index (χ4v) is 2.65. The van der Waals surface area contributed by atoms with Gasteiger partial charge in [0.15, 0.2) is 0 Å². The van der Waals surface area contributed by atoms with Crippen LogP contribution in [0.3, 0.4) is 0 Å². The van der Waals surface area contributed by atoms with Gasteiger partial charge in [-0.1, -0.05) is 19.4 Å². The monoisotopic (exact) mass is 322 g/mol. The Morgan fingerprint density at radius 3 is 2.71 bits per heavy atom. The van der Waals surface area contributed by atoms with E-state index in [1.54, 1.807) is 24.5 Å². The molecular weight excluding hydrogens is 304 g/mol. The van der Waals surface area contributed by atoms with Crippen molar-refractivity contribution in [3.63, 3.8) is 0 Å². The molecule has 0 aliphatic heterocycles. The molecule has 122 valence electrons. The van der Waals surface area contributed by atoms with Crippen LogP contribution in [0.1, 0.15) is 34.8 Å². The Hall–Kier alpha value is -2.95. The lowest BCUT2D eigenvalue weighted by atomic mass is 10.0. The highest BCUT2D eigenvalue weighted by atomic mass is 16.4. The second kappa shape index (κ2) is 7.08. The molecule has 1 N–H and O–H groups in total. The van der Waals surface area contributed by atoms with Gasteiger partial charge in [0.25, 0.3) is 5.91 Å². The molecule has 0 fully saturated rings. The number of hydrogen-bond donors (Lipinski definition) is 1. The zero-order chi connectivity index (χ0) is 16.9.